The number of fused-ring (bicyclic) bond motifs is 1. The van der Waals surface area contributed by atoms with E-state index in [9.17, 15) is 13.2 Å². The summed E-state index contributed by atoms with van der Waals surface area (Å²) in [5.41, 5.74) is 0.387. The summed E-state index contributed by atoms with van der Waals surface area (Å²) < 4.78 is 24.5. The Bertz CT molecular complexity index is 767. The maximum Gasteiger partial charge on any atom is 0.339 e. The van der Waals surface area contributed by atoms with E-state index in [-0.39, 0.29) is 23.0 Å². The van der Waals surface area contributed by atoms with Gasteiger partial charge in [0.05, 0.1) is 11.5 Å². The Balaban J connectivity index is 2.02. The lowest BCUT2D eigenvalue weighted by Crippen LogP contribution is -2.23. The van der Waals surface area contributed by atoms with E-state index in [4.69, 9.17) is 5.11 Å². The van der Waals surface area contributed by atoms with Crippen molar-refractivity contribution in [2.45, 2.75) is 18.8 Å². The van der Waals surface area contributed by atoms with Crippen molar-refractivity contribution in [2.24, 2.45) is 0 Å². The topological polar surface area (TPSA) is 102 Å². The van der Waals surface area contributed by atoms with Gasteiger partial charge >= 0.3 is 5.97 Å². The molecule has 0 atom stereocenters. The van der Waals surface area contributed by atoms with Crippen LogP contribution in [0.3, 0.4) is 0 Å². The Labute approximate surface area is 115 Å². The fourth-order valence-electron chi connectivity index (χ4n) is 2.53. The zero-order chi connectivity index (χ0) is 14.3. The quantitative estimate of drug-likeness (QED) is 0.876. The van der Waals surface area contributed by atoms with Gasteiger partial charge in [0.15, 0.2) is 5.65 Å². The summed E-state index contributed by atoms with van der Waals surface area (Å²) in [5, 5.41) is 17.1. The van der Waals surface area contributed by atoms with Crippen LogP contribution in [0.5, 0.6) is 0 Å². The van der Waals surface area contributed by atoms with Gasteiger partial charge in [-0.3, -0.25) is 4.40 Å². The van der Waals surface area contributed by atoms with Crippen molar-refractivity contribution in [2.75, 3.05) is 11.5 Å². The summed E-state index contributed by atoms with van der Waals surface area (Å²) in [7, 11) is -2.93. The number of hydrogen-bond donors (Lipinski definition) is 1. The summed E-state index contributed by atoms with van der Waals surface area (Å²) >= 11 is 0. The average molecular weight is 295 g/mol. The molecule has 0 aliphatic carbocycles. The molecule has 0 aromatic carbocycles. The van der Waals surface area contributed by atoms with E-state index in [2.05, 4.69) is 10.2 Å². The van der Waals surface area contributed by atoms with E-state index in [1.807, 2.05) is 0 Å². The van der Waals surface area contributed by atoms with Gasteiger partial charge in [0.1, 0.15) is 21.2 Å². The van der Waals surface area contributed by atoms with E-state index >= 15 is 0 Å². The number of sulfone groups is 1. The number of carboxylic acid groups (broad SMARTS) is 1. The molecule has 7 nitrogen and oxygen atoms in total. The average Bonchev–Trinajstić information content (AvgIpc) is 2.82. The molecule has 0 radical (unpaired) electrons. The summed E-state index contributed by atoms with van der Waals surface area (Å²) in [4.78, 5) is 11.1. The lowest BCUT2D eigenvalue weighted by Gasteiger charge is -2.20. The summed E-state index contributed by atoms with van der Waals surface area (Å²) in [5.74, 6) is -0.132. The first-order valence-electron chi connectivity index (χ1n) is 6.25. The third-order valence-electron chi connectivity index (χ3n) is 3.61. The molecule has 1 fully saturated rings. The highest BCUT2D eigenvalue weighted by atomic mass is 32.2. The first-order valence-corrected chi connectivity index (χ1v) is 8.07. The molecule has 106 valence electrons. The number of pyridine rings is 1. The second-order valence-corrected chi connectivity index (χ2v) is 7.21. The minimum Gasteiger partial charge on any atom is -0.478 e. The zero-order valence-corrected chi connectivity index (χ0v) is 11.4. The summed E-state index contributed by atoms with van der Waals surface area (Å²) in [6.45, 7) is 0. The monoisotopic (exact) mass is 295 g/mol. The van der Waals surface area contributed by atoms with Crippen LogP contribution in [0, 0.1) is 0 Å². The number of rotatable bonds is 2. The van der Waals surface area contributed by atoms with Gasteiger partial charge in [-0.2, -0.15) is 0 Å². The molecule has 3 heterocycles. The highest BCUT2D eigenvalue weighted by molar-refractivity contribution is 7.91. The number of nitrogens with zero attached hydrogens (tertiary/aromatic N) is 3. The molecule has 1 aliphatic rings. The molecule has 0 bridgehead atoms. The predicted molar refractivity (Wildman–Crippen MR) is 70.6 cm³/mol. The largest absolute Gasteiger partial charge is 0.478 e. The normalized spacial score (nSPS) is 19.2. The highest BCUT2D eigenvalue weighted by Gasteiger charge is 2.28. The SMILES string of the molecule is O=C(O)c1cccn2c(C3CCS(=O)(=O)CC3)nnc12. The Morgan fingerprint density at radius 1 is 1.30 bits per heavy atom. The van der Waals surface area contributed by atoms with Crippen LogP contribution in [0.4, 0.5) is 0 Å². The van der Waals surface area contributed by atoms with Crippen LogP contribution < -0.4 is 0 Å². The van der Waals surface area contributed by atoms with Gasteiger partial charge < -0.3 is 5.11 Å². The number of carboxylic acids is 1. The van der Waals surface area contributed by atoms with Crippen LogP contribution >= 0.6 is 0 Å². The van der Waals surface area contributed by atoms with Gasteiger partial charge in [0.25, 0.3) is 0 Å². The second-order valence-electron chi connectivity index (χ2n) is 4.90. The van der Waals surface area contributed by atoms with Crippen LogP contribution in [-0.2, 0) is 9.84 Å². The molecule has 1 N–H and O–H groups in total. The zero-order valence-electron chi connectivity index (χ0n) is 10.6. The van der Waals surface area contributed by atoms with Gasteiger partial charge in [-0.15, -0.1) is 10.2 Å². The van der Waals surface area contributed by atoms with Crippen LogP contribution in [0.1, 0.15) is 34.9 Å². The molecule has 2 aromatic rings. The van der Waals surface area contributed by atoms with Crippen LogP contribution in [0.15, 0.2) is 18.3 Å². The van der Waals surface area contributed by atoms with Crippen LogP contribution in [0.25, 0.3) is 5.65 Å². The summed E-state index contributed by atoms with van der Waals surface area (Å²) in [6.07, 6.45) is 2.71. The van der Waals surface area contributed by atoms with Crippen LogP contribution in [-0.4, -0.2) is 45.6 Å². The Morgan fingerprint density at radius 3 is 2.65 bits per heavy atom. The fraction of sp³-hybridized carbons (Fsp3) is 0.417. The predicted octanol–water partition coefficient (Wildman–Crippen LogP) is 0.720. The van der Waals surface area contributed by atoms with E-state index in [0.29, 0.717) is 24.3 Å². The molecule has 3 rings (SSSR count). The molecule has 0 unspecified atom stereocenters. The fourth-order valence-corrected chi connectivity index (χ4v) is 4.02. The van der Waals surface area contributed by atoms with E-state index in [1.54, 1.807) is 16.7 Å². The van der Waals surface area contributed by atoms with Crippen molar-refractivity contribution in [3.05, 3.63) is 29.7 Å². The number of aromatic nitrogens is 3. The van der Waals surface area contributed by atoms with Crippen LogP contribution in [0.2, 0.25) is 0 Å². The van der Waals surface area contributed by atoms with Crippen molar-refractivity contribution < 1.29 is 18.3 Å². The molecule has 2 aromatic heterocycles. The van der Waals surface area contributed by atoms with Crippen molar-refractivity contribution >= 4 is 21.5 Å². The van der Waals surface area contributed by atoms with Gasteiger partial charge in [0.2, 0.25) is 0 Å². The van der Waals surface area contributed by atoms with E-state index in [0.717, 1.165) is 0 Å². The van der Waals surface area contributed by atoms with E-state index < -0.39 is 15.8 Å². The van der Waals surface area contributed by atoms with Gasteiger partial charge in [-0.05, 0) is 25.0 Å². The standard InChI is InChI=1S/C12H13N3O4S/c16-12(17)9-2-1-5-15-10(13-14-11(9)15)8-3-6-20(18,19)7-4-8/h1-2,5,8H,3-4,6-7H2,(H,16,17). The van der Waals surface area contributed by atoms with Gasteiger partial charge in [0, 0.05) is 12.1 Å². The van der Waals surface area contributed by atoms with Crippen molar-refractivity contribution in [1.82, 2.24) is 14.6 Å². The third kappa shape index (κ3) is 2.15. The molecular weight excluding hydrogens is 282 g/mol. The molecule has 8 heteroatoms. The van der Waals surface area contributed by atoms with E-state index in [1.165, 1.54) is 6.07 Å². The Hall–Kier alpha value is -1.96. The maximum absolute atomic E-state index is 11.5. The molecule has 0 spiro atoms. The van der Waals surface area contributed by atoms with Crippen molar-refractivity contribution in [3.8, 4) is 0 Å². The molecule has 0 amide bonds. The number of hydrogen-bond acceptors (Lipinski definition) is 5. The maximum atomic E-state index is 11.5. The molecule has 0 saturated carbocycles. The number of aromatic carboxylic acids is 1. The second kappa shape index (κ2) is 4.55. The lowest BCUT2D eigenvalue weighted by molar-refractivity contribution is 0.0698. The minimum absolute atomic E-state index is 0.00225. The highest BCUT2D eigenvalue weighted by Crippen LogP contribution is 2.28. The van der Waals surface area contributed by atoms with Crippen molar-refractivity contribution in [1.29, 1.82) is 0 Å². The van der Waals surface area contributed by atoms with Gasteiger partial charge in [-0.25, -0.2) is 13.2 Å². The number of carbonyl (C=O) groups is 1. The molecular formula is C12H13N3O4S. The van der Waals surface area contributed by atoms with Gasteiger partial charge in [-0.1, -0.05) is 0 Å². The minimum atomic E-state index is -2.93. The summed E-state index contributed by atoms with van der Waals surface area (Å²) in [6, 6.07) is 3.10. The van der Waals surface area contributed by atoms with Crippen molar-refractivity contribution in [3.63, 3.8) is 0 Å². The molecule has 20 heavy (non-hydrogen) atoms. The first kappa shape index (κ1) is 13.0. The first-order chi connectivity index (χ1) is 9.48. The lowest BCUT2D eigenvalue weighted by atomic mass is 10.0. The smallest absolute Gasteiger partial charge is 0.339 e. The molecule has 1 aliphatic heterocycles. The Kier molecular flexibility index (Phi) is 2.97. The third-order valence-corrected chi connectivity index (χ3v) is 5.33. The Morgan fingerprint density at radius 2 is 2.00 bits per heavy atom. The molecule has 1 saturated heterocycles.